The molecule has 2 aliphatic heterocycles. The number of rotatable bonds is 1. The van der Waals surface area contributed by atoms with Gasteiger partial charge in [-0.3, -0.25) is 9.59 Å². The van der Waals surface area contributed by atoms with Crippen LogP contribution in [0.4, 0.5) is 0 Å². The number of ether oxygens (including phenoxy) is 2. The van der Waals surface area contributed by atoms with Crippen molar-refractivity contribution >= 4 is 11.6 Å². The van der Waals surface area contributed by atoms with E-state index in [1.165, 1.54) is 0 Å². The number of carbonyl (C=O) groups is 2. The number of fused-ring (bicyclic) bond motifs is 5. The van der Waals surface area contributed by atoms with E-state index in [0.29, 0.717) is 12.0 Å². The molecule has 0 aromatic carbocycles. The second kappa shape index (κ2) is 3.76. The Morgan fingerprint density at radius 1 is 1.18 bits per heavy atom. The summed E-state index contributed by atoms with van der Waals surface area (Å²) in [6.07, 6.45) is -0.379. The first-order valence-corrected chi connectivity index (χ1v) is 7.60. The molecule has 0 spiro atoms. The van der Waals surface area contributed by atoms with E-state index in [1.54, 1.807) is 12.2 Å². The first-order chi connectivity index (χ1) is 10.5. The molecule has 116 valence electrons. The molecule has 2 saturated carbocycles. The first-order valence-electron chi connectivity index (χ1n) is 7.60. The average Bonchev–Trinajstić information content (AvgIpc) is 3.40. The Hall–Kier alpha value is -1.34. The molecule has 5 rings (SSSR count). The van der Waals surface area contributed by atoms with E-state index in [-0.39, 0.29) is 11.6 Å². The molecule has 2 saturated heterocycles. The van der Waals surface area contributed by atoms with Crippen LogP contribution in [0.15, 0.2) is 24.3 Å². The third kappa shape index (κ3) is 1.27. The number of aliphatic hydroxyl groups excluding tert-OH is 2. The monoisotopic (exact) mass is 304 g/mol. The lowest BCUT2D eigenvalue weighted by molar-refractivity contribution is -0.142. The van der Waals surface area contributed by atoms with Gasteiger partial charge in [-0.25, -0.2) is 0 Å². The molecule has 4 fully saturated rings. The fourth-order valence-electron chi connectivity index (χ4n) is 4.85. The number of hydrogen-bond donors (Lipinski definition) is 2. The van der Waals surface area contributed by atoms with Crippen molar-refractivity contribution in [1.29, 1.82) is 0 Å². The lowest BCUT2D eigenvalue weighted by Crippen LogP contribution is -2.60. The smallest absolute Gasteiger partial charge is 0.190 e. The number of carbonyl (C=O) groups excluding carboxylic acids is 2. The summed E-state index contributed by atoms with van der Waals surface area (Å²) >= 11 is 0. The minimum Gasteiger partial charge on any atom is -0.390 e. The number of aliphatic hydroxyl groups is 2. The minimum absolute atomic E-state index is 0.100. The van der Waals surface area contributed by atoms with Crippen molar-refractivity contribution in [3.05, 3.63) is 24.3 Å². The van der Waals surface area contributed by atoms with Crippen molar-refractivity contribution in [3.8, 4) is 0 Å². The second-order valence-corrected chi connectivity index (χ2v) is 6.91. The molecule has 0 unspecified atom stereocenters. The molecule has 0 radical (unpaired) electrons. The van der Waals surface area contributed by atoms with Crippen molar-refractivity contribution in [2.24, 2.45) is 17.3 Å². The van der Waals surface area contributed by atoms with Gasteiger partial charge in [0.1, 0.15) is 24.4 Å². The quantitative estimate of drug-likeness (QED) is 0.483. The molecule has 0 aromatic heterocycles. The van der Waals surface area contributed by atoms with Gasteiger partial charge in [-0.15, -0.1) is 6.58 Å². The Kier molecular flexibility index (Phi) is 2.25. The third-order valence-electron chi connectivity index (χ3n) is 6.09. The van der Waals surface area contributed by atoms with E-state index in [4.69, 9.17) is 9.47 Å². The summed E-state index contributed by atoms with van der Waals surface area (Å²) in [7, 11) is 0. The largest absolute Gasteiger partial charge is 0.390 e. The predicted molar refractivity (Wildman–Crippen MR) is 71.7 cm³/mol. The summed E-state index contributed by atoms with van der Waals surface area (Å²) in [5, 5.41) is 21.2. The number of hydrogen-bond acceptors (Lipinski definition) is 6. The van der Waals surface area contributed by atoms with E-state index in [0.717, 1.165) is 0 Å². The Bertz CT molecular complexity index is 653. The summed E-state index contributed by atoms with van der Waals surface area (Å²) in [5.74, 6) is -1.43. The van der Waals surface area contributed by atoms with Crippen LogP contribution in [-0.2, 0) is 19.1 Å². The Morgan fingerprint density at radius 2 is 1.86 bits per heavy atom. The maximum absolute atomic E-state index is 12.7. The van der Waals surface area contributed by atoms with Gasteiger partial charge in [-0.05, 0) is 6.42 Å². The minimum atomic E-state index is -0.978. The highest BCUT2D eigenvalue weighted by Gasteiger charge is 2.72. The molecule has 9 atom stereocenters. The van der Waals surface area contributed by atoms with Crippen molar-refractivity contribution in [1.82, 2.24) is 0 Å². The zero-order valence-electron chi connectivity index (χ0n) is 11.7. The standard InChI is InChI=1S/C16H16O6/c1-2-16-4-3-5-6(9(18)12-11(21-12)8(5)17)7(16)10(19)13-14(22-13)15(16)20/h2-3,6-7,9-14,18-19H,1,4H2/t6-,7-,9-,10-,11-,12+,13+,14+,16-/m1/s1. The maximum Gasteiger partial charge on any atom is 0.190 e. The van der Waals surface area contributed by atoms with Crippen LogP contribution in [0, 0.1) is 17.3 Å². The lowest BCUT2D eigenvalue weighted by atomic mass is 9.52. The zero-order valence-corrected chi connectivity index (χ0v) is 11.7. The normalized spacial score (nSPS) is 57.8. The molecule has 0 bridgehead atoms. The van der Waals surface area contributed by atoms with Crippen LogP contribution in [0.1, 0.15) is 6.42 Å². The van der Waals surface area contributed by atoms with Crippen molar-refractivity contribution < 1.29 is 29.3 Å². The van der Waals surface area contributed by atoms with Gasteiger partial charge in [0, 0.05) is 17.4 Å². The molecule has 3 aliphatic carbocycles. The van der Waals surface area contributed by atoms with Gasteiger partial charge in [0.2, 0.25) is 0 Å². The fourth-order valence-corrected chi connectivity index (χ4v) is 4.85. The van der Waals surface area contributed by atoms with Crippen LogP contribution in [0.3, 0.4) is 0 Å². The van der Waals surface area contributed by atoms with E-state index >= 15 is 0 Å². The average molecular weight is 304 g/mol. The highest BCUT2D eigenvalue weighted by molar-refractivity contribution is 6.04. The van der Waals surface area contributed by atoms with Gasteiger partial charge < -0.3 is 19.7 Å². The molecule has 2 N–H and O–H groups in total. The van der Waals surface area contributed by atoms with Crippen molar-refractivity contribution in [2.75, 3.05) is 0 Å². The fraction of sp³-hybridized carbons (Fsp3) is 0.625. The summed E-state index contributed by atoms with van der Waals surface area (Å²) < 4.78 is 10.6. The highest BCUT2D eigenvalue weighted by Crippen LogP contribution is 2.59. The molecule has 22 heavy (non-hydrogen) atoms. The highest BCUT2D eigenvalue weighted by atomic mass is 16.6. The molecule has 5 aliphatic rings. The molecular weight excluding hydrogens is 288 g/mol. The Balaban J connectivity index is 1.68. The number of epoxide rings is 2. The predicted octanol–water partition coefficient (Wildman–Crippen LogP) is -0.857. The van der Waals surface area contributed by atoms with Gasteiger partial charge >= 0.3 is 0 Å². The van der Waals surface area contributed by atoms with E-state index in [9.17, 15) is 19.8 Å². The summed E-state index contributed by atoms with van der Waals surface area (Å²) in [5.41, 5.74) is -0.492. The third-order valence-corrected chi connectivity index (χ3v) is 6.09. The topological polar surface area (TPSA) is 99.7 Å². The zero-order chi connectivity index (χ0) is 15.4. The Morgan fingerprint density at radius 3 is 2.59 bits per heavy atom. The van der Waals surface area contributed by atoms with E-state index in [2.05, 4.69) is 6.58 Å². The molecule has 0 aromatic rings. The Labute approximate surface area is 126 Å². The van der Waals surface area contributed by atoms with Crippen LogP contribution in [-0.4, -0.2) is 58.4 Å². The van der Waals surface area contributed by atoms with Gasteiger partial charge in [-0.2, -0.15) is 0 Å². The molecule has 0 amide bonds. The molecular formula is C16H16O6. The second-order valence-electron chi connectivity index (χ2n) is 6.91. The van der Waals surface area contributed by atoms with Crippen LogP contribution >= 0.6 is 0 Å². The first kappa shape index (κ1) is 13.1. The van der Waals surface area contributed by atoms with Crippen LogP contribution < -0.4 is 0 Å². The van der Waals surface area contributed by atoms with Crippen LogP contribution in [0.5, 0.6) is 0 Å². The van der Waals surface area contributed by atoms with Gasteiger partial charge in [0.05, 0.1) is 17.6 Å². The van der Waals surface area contributed by atoms with Gasteiger partial charge in [0.15, 0.2) is 11.6 Å². The van der Waals surface area contributed by atoms with Crippen LogP contribution in [0.2, 0.25) is 0 Å². The lowest BCUT2D eigenvalue weighted by Gasteiger charge is -2.50. The van der Waals surface area contributed by atoms with Gasteiger partial charge in [0.25, 0.3) is 0 Å². The molecule has 2 heterocycles. The van der Waals surface area contributed by atoms with Crippen LogP contribution in [0.25, 0.3) is 0 Å². The molecule has 6 nitrogen and oxygen atoms in total. The van der Waals surface area contributed by atoms with E-state index in [1.807, 2.05) is 0 Å². The van der Waals surface area contributed by atoms with E-state index < -0.39 is 53.9 Å². The number of Topliss-reactive ketones (excluding diaryl/α,β-unsaturated/α-hetero) is 2. The number of allylic oxidation sites excluding steroid dienone is 2. The molecule has 6 heteroatoms. The maximum atomic E-state index is 12.7. The number of ketones is 2. The summed E-state index contributed by atoms with van der Waals surface area (Å²) in [6, 6.07) is 0. The summed E-state index contributed by atoms with van der Waals surface area (Å²) in [6.45, 7) is 3.79. The SMILES string of the molecule is C=C[C@@]12CC=C3C(=O)[C@H]4O[C@H]4[C@H](O)[C@H]3[C@@H]1[C@@H](O)[C@@H]1O[C@@H]1C2=O. The van der Waals surface area contributed by atoms with Crippen molar-refractivity contribution in [2.45, 2.75) is 43.0 Å². The van der Waals surface area contributed by atoms with Gasteiger partial charge in [-0.1, -0.05) is 12.2 Å². The van der Waals surface area contributed by atoms with Crippen molar-refractivity contribution in [3.63, 3.8) is 0 Å². The summed E-state index contributed by atoms with van der Waals surface area (Å²) in [4.78, 5) is 25.1.